The summed E-state index contributed by atoms with van der Waals surface area (Å²) in [6, 6.07) is 0. The zero-order chi connectivity index (χ0) is 32.4. The van der Waals surface area contributed by atoms with Gasteiger partial charge in [-0.2, -0.15) is 0 Å². The Bertz CT molecular complexity index is 1060. The first-order valence-corrected chi connectivity index (χ1v) is 13.3. The van der Waals surface area contributed by atoms with Crippen molar-refractivity contribution >= 4 is 46.8 Å². The molecule has 0 bridgehead atoms. The lowest BCUT2D eigenvalue weighted by molar-refractivity contribution is -0.126. The van der Waals surface area contributed by atoms with E-state index in [2.05, 4.69) is 39.9 Å². The van der Waals surface area contributed by atoms with Crippen molar-refractivity contribution in [3.05, 3.63) is 0 Å². The summed E-state index contributed by atoms with van der Waals surface area (Å²) in [5, 5.41) is 14.8. The number of hydrogen-bond donors (Lipinski definition) is 0. The van der Waals surface area contributed by atoms with Crippen LogP contribution in [0.2, 0.25) is 0 Å². The lowest BCUT2D eigenvalue weighted by Gasteiger charge is -2.34. The van der Waals surface area contributed by atoms with Crippen molar-refractivity contribution in [2.45, 2.75) is 20.8 Å². The van der Waals surface area contributed by atoms with Gasteiger partial charge in [0.2, 0.25) is 0 Å². The van der Waals surface area contributed by atoms with Gasteiger partial charge in [0.05, 0.1) is 13.7 Å². The topological polar surface area (TPSA) is 186 Å². The Kier molecular flexibility index (Phi) is 16.5. The second-order valence-corrected chi connectivity index (χ2v) is 8.69. The number of carbonyl (C=O) groups excluding carboxylic acids is 4. The van der Waals surface area contributed by atoms with Crippen molar-refractivity contribution in [2.75, 3.05) is 94.5 Å². The van der Waals surface area contributed by atoms with E-state index in [1.54, 1.807) is 35.5 Å². The fourth-order valence-electron chi connectivity index (χ4n) is 3.89. The lowest BCUT2D eigenvalue weighted by atomic mass is 10.2. The van der Waals surface area contributed by atoms with Gasteiger partial charge in [0.1, 0.15) is 39.9 Å². The van der Waals surface area contributed by atoms with Gasteiger partial charge in [-0.3, -0.25) is 9.59 Å². The molecule has 0 saturated carbocycles. The molecule has 2 fully saturated rings. The Morgan fingerprint density at radius 1 is 0.535 bits per heavy atom. The van der Waals surface area contributed by atoms with E-state index in [1.807, 2.05) is 0 Å². The molecule has 2 aliphatic rings. The van der Waals surface area contributed by atoms with E-state index in [0.29, 0.717) is 70.4 Å². The van der Waals surface area contributed by atoms with E-state index in [1.165, 1.54) is 40.4 Å². The number of rotatable bonds is 9. The highest BCUT2D eigenvalue weighted by Crippen LogP contribution is 2.07. The Balaban J connectivity index is 0.000000430. The largest absolute Gasteiger partial charge is 0.453 e. The molecule has 0 N–H and O–H groups in total. The Morgan fingerprint density at radius 2 is 0.860 bits per heavy atom. The van der Waals surface area contributed by atoms with Gasteiger partial charge in [-0.05, 0) is 20.8 Å². The van der Waals surface area contributed by atoms with Crippen LogP contribution in [0.5, 0.6) is 0 Å². The zero-order valence-electron chi connectivity index (χ0n) is 26.0. The van der Waals surface area contributed by atoms with Gasteiger partial charge < -0.3 is 48.4 Å². The van der Waals surface area contributed by atoms with Gasteiger partial charge in [-0.1, -0.05) is 20.6 Å². The summed E-state index contributed by atoms with van der Waals surface area (Å²) in [7, 11) is 6.80. The molecule has 2 heterocycles. The van der Waals surface area contributed by atoms with Crippen LogP contribution in [-0.2, 0) is 38.4 Å². The Labute approximate surface area is 250 Å². The minimum atomic E-state index is -0.398. The highest BCUT2D eigenvalue weighted by molar-refractivity contribution is 6.66. The number of carbonyl (C=O) groups is 4. The maximum absolute atomic E-state index is 12.5. The predicted octanol–water partition coefficient (Wildman–Crippen LogP) is 0.234. The van der Waals surface area contributed by atoms with Gasteiger partial charge in [0, 0.05) is 52.4 Å². The molecule has 0 unspecified atom stereocenters. The number of piperazine rings is 2. The van der Waals surface area contributed by atoms with Crippen LogP contribution in [0.4, 0.5) is 9.59 Å². The average molecular weight is 615 g/mol. The minimum absolute atomic E-state index is 0.0749. The Morgan fingerprint density at radius 3 is 1.16 bits per heavy atom. The molecule has 18 nitrogen and oxygen atoms in total. The van der Waals surface area contributed by atoms with E-state index < -0.39 is 6.09 Å². The number of oxime groups is 4. The van der Waals surface area contributed by atoms with Crippen LogP contribution in [0.1, 0.15) is 20.8 Å². The second-order valence-electron chi connectivity index (χ2n) is 8.69. The molecule has 0 aromatic rings. The van der Waals surface area contributed by atoms with Crippen LogP contribution in [-0.4, -0.2) is 161 Å². The van der Waals surface area contributed by atoms with Gasteiger partial charge in [-0.25, -0.2) is 9.59 Å². The maximum Gasteiger partial charge on any atom is 0.409 e. The molecule has 242 valence electrons. The standard InChI is InChI=1S/C13H22N4O5.C12H20N4O5/c1-5-22-13(19)17-8-6-16(7-9-17)12(18)11(15-21-4)10(2)14-20-3;1-9(13-20-3)10(14-21-4)11(17)15-5-7-16(8-6-15)12(18)19-2/h5-9H2,1-4H3;5-8H2,1-4H3. The van der Waals surface area contributed by atoms with Crippen LogP contribution in [0.25, 0.3) is 0 Å². The molecule has 4 amide bonds. The first kappa shape index (κ1) is 36.4. The van der Waals surface area contributed by atoms with Crippen molar-refractivity contribution in [1.82, 2.24) is 19.6 Å². The third kappa shape index (κ3) is 11.3. The van der Waals surface area contributed by atoms with Gasteiger partial charge in [0.25, 0.3) is 11.8 Å². The molecular formula is C25H42N8O10. The molecule has 18 heteroatoms. The van der Waals surface area contributed by atoms with Crippen LogP contribution in [0, 0.1) is 0 Å². The molecule has 0 aromatic heterocycles. The molecule has 43 heavy (non-hydrogen) atoms. The first-order chi connectivity index (χ1) is 20.6. The average Bonchev–Trinajstić information content (AvgIpc) is 3.02. The molecule has 2 aliphatic heterocycles. The molecule has 0 aromatic carbocycles. The van der Waals surface area contributed by atoms with Crippen molar-refractivity contribution < 1.29 is 48.0 Å². The molecule has 0 radical (unpaired) electrons. The molecule has 2 rings (SSSR count). The number of ether oxygens (including phenoxy) is 2. The monoisotopic (exact) mass is 614 g/mol. The number of hydrogen-bond acceptors (Lipinski definition) is 14. The third-order valence-electron chi connectivity index (χ3n) is 6.00. The highest BCUT2D eigenvalue weighted by atomic mass is 16.6. The third-order valence-corrected chi connectivity index (χ3v) is 6.00. The van der Waals surface area contributed by atoms with E-state index in [-0.39, 0.29) is 29.3 Å². The van der Waals surface area contributed by atoms with E-state index in [4.69, 9.17) is 9.57 Å². The quantitative estimate of drug-likeness (QED) is 0.257. The summed E-state index contributed by atoms with van der Waals surface area (Å²) in [6.07, 6.45) is -0.762. The highest BCUT2D eigenvalue weighted by Gasteiger charge is 2.30. The summed E-state index contributed by atoms with van der Waals surface area (Å²) in [6.45, 7) is 8.46. The maximum atomic E-state index is 12.5. The summed E-state index contributed by atoms with van der Waals surface area (Å²) in [4.78, 5) is 72.8. The fraction of sp³-hybridized carbons (Fsp3) is 0.680. The minimum Gasteiger partial charge on any atom is -0.453 e. The van der Waals surface area contributed by atoms with Crippen LogP contribution >= 0.6 is 0 Å². The van der Waals surface area contributed by atoms with Crippen molar-refractivity contribution in [3.63, 3.8) is 0 Å². The molecule has 0 aliphatic carbocycles. The number of methoxy groups -OCH3 is 1. The van der Waals surface area contributed by atoms with E-state index in [0.717, 1.165) is 0 Å². The molecular weight excluding hydrogens is 572 g/mol. The van der Waals surface area contributed by atoms with Gasteiger partial charge in [0.15, 0.2) is 11.4 Å². The smallest absolute Gasteiger partial charge is 0.409 e. The van der Waals surface area contributed by atoms with Crippen LogP contribution in [0.15, 0.2) is 20.6 Å². The lowest BCUT2D eigenvalue weighted by Crippen LogP contribution is -2.53. The van der Waals surface area contributed by atoms with Crippen molar-refractivity contribution in [2.24, 2.45) is 20.6 Å². The number of amides is 4. The second kappa shape index (κ2) is 19.5. The SMILES string of the molecule is CCOC(=O)N1CCN(C(=O)C(=NOC)C(C)=NOC)CC1.CON=C(C)C(=NOC)C(=O)N1CCN(C(=O)OC)CC1. The zero-order valence-corrected chi connectivity index (χ0v) is 26.0. The predicted molar refractivity (Wildman–Crippen MR) is 155 cm³/mol. The van der Waals surface area contributed by atoms with Gasteiger partial charge in [-0.15, -0.1) is 0 Å². The summed E-state index contributed by atoms with van der Waals surface area (Å²) in [5.74, 6) is -0.636. The first-order valence-electron chi connectivity index (χ1n) is 13.3. The Hall–Kier alpha value is -4.64. The van der Waals surface area contributed by atoms with Crippen molar-refractivity contribution in [1.29, 1.82) is 0 Å². The molecule has 0 spiro atoms. The summed E-state index contributed by atoms with van der Waals surface area (Å²) < 4.78 is 9.58. The number of nitrogens with zero attached hydrogens (tertiary/aromatic N) is 8. The van der Waals surface area contributed by atoms with Gasteiger partial charge >= 0.3 is 12.2 Å². The fourth-order valence-corrected chi connectivity index (χ4v) is 3.89. The van der Waals surface area contributed by atoms with Crippen LogP contribution < -0.4 is 0 Å². The summed E-state index contributed by atoms with van der Waals surface area (Å²) >= 11 is 0. The van der Waals surface area contributed by atoms with E-state index in [9.17, 15) is 19.2 Å². The molecule has 0 atom stereocenters. The van der Waals surface area contributed by atoms with Crippen LogP contribution in [0.3, 0.4) is 0 Å². The van der Waals surface area contributed by atoms with Crippen molar-refractivity contribution in [3.8, 4) is 0 Å². The summed E-state index contributed by atoms with van der Waals surface area (Å²) in [5.41, 5.74) is 0.793. The molecule has 2 saturated heterocycles. The normalized spacial score (nSPS) is 16.5. The van der Waals surface area contributed by atoms with E-state index >= 15 is 0 Å².